The molecule has 2 amide bonds. The van der Waals surface area contributed by atoms with E-state index in [0.717, 1.165) is 36.4 Å². The highest BCUT2D eigenvalue weighted by molar-refractivity contribution is 5.90. The lowest BCUT2D eigenvalue weighted by Crippen LogP contribution is -2.37. The average Bonchev–Trinajstić information content (AvgIpc) is 2.78. The van der Waals surface area contributed by atoms with E-state index >= 15 is 0 Å². The summed E-state index contributed by atoms with van der Waals surface area (Å²) in [6.45, 7) is 4.90. The van der Waals surface area contributed by atoms with E-state index in [1.54, 1.807) is 7.11 Å². The summed E-state index contributed by atoms with van der Waals surface area (Å²) in [5.41, 5.74) is 1.86. The molecule has 0 saturated carbocycles. The van der Waals surface area contributed by atoms with Crippen LogP contribution in [0.3, 0.4) is 0 Å². The summed E-state index contributed by atoms with van der Waals surface area (Å²) in [7, 11) is 1.64. The molecule has 1 heterocycles. The first-order valence-electron chi connectivity index (χ1n) is 6.34. The molecule has 1 N–H and O–H groups in total. The molecule has 1 aromatic rings. The lowest BCUT2D eigenvalue weighted by Gasteiger charge is -2.22. The van der Waals surface area contributed by atoms with Crippen molar-refractivity contribution in [2.45, 2.75) is 32.7 Å². The van der Waals surface area contributed by atoms with Crippen LogP contribution in [0.4, 0.5) is 10.5 Å². The predicted octanol–water partition coefficient (Wildman–Crippen LogP) is 3.02. The van der Waals surface area contributed by atoms with Crippen LogP contribution in [0, 0.1) is 6.92 Å². The third kappa shape index (κ3) is 2.58. The number of carbonyl (C=O) groups is 1. The van der Waals surface area contributed by atoms with Crippen LogP contribution in [-0.2, 0) is 0 Å². The Morgan fingerprint density at radius 1 is 1.50 bits per heavy atom. The van der Waals surface area contributed by atoms with Gasteiger partial charge < -0.3 is 15.0 Å². The van der Waals surface area contributed by atoms with E-state index in [2.05, 4.69) is 12.2 Å². The minimum absolute atomic E-state index is 0.00623. The quantitative estimate of drug-likeness (QED) is 0.874. The van der Waals surface area contributed by atoms with Crippen LogP contribution < -0.4 is 10.1 Å². The monoisotopic (exact) mass is 248 g/mol. The molecule has 1 aromatic carbocycles. The van der Waals surface area contributed by atoms with Gasteiger partial charge in [0, 0.05) is 18.3 Å². The number of hydrogen-bond donors (Lipinski definition) is 1. The number of aryl methyl sites for hydroxylation is 1. The van der Waals surface area contributed by atoms with Crippen molar-refractivity contribution in [3.8, 4) is 5.75 Å². The van der Waals surface area contributed by atoms with Gasteiger partial charge in [0.2, 0.25) is 0 Å². The molecule has 1 aliphatic heterocycles. The second-order valence-electron chi connectivity index (χ2n) is 4.80. The molecule has 4 heteroatoms. The minimum atomic E-state index is -0.00623. The van der Waals surface area contributed by atoms with Crippen LogP contribution in [0.2, 0.25) is 0 Å². The highest BCUT2D eigenvalue weighted by Gasteiger charge is 2.25. The van der Waals surface area contributed by atoms with Gasteiger partial charge in [-0.05, 0) is 50.5 Å². The summed E-state index contributed by atoms with van der Waals surface area (Å²) in [4.78, 5) is 14.0. The van der Waals surface area contributed by atoms with Crippen LogP contribution in [-0.4, -0.2) is 30.6 Å². The van der Waals surface area contributed by atoms with Gasteiger partial charge in [-0.1, -0.05) is 0 Å². The molecule has 1 fully saturated rings. The molecule has 98 valence electrons. The summed E-state index contributed by atoms with van der Waals surface area (Å²) in [6.07, 6.45) is 2.19. The molecule has 0 unspecified atom stereocenters. The number of amides is 2. The maximum atomic E-state index is 12.1. The molecular formula is C14H20N2O2. The Hall–Kier alpha value is -1.71. The Morgan fingerprint density at radius 3 is 2.83 bits per heavy atom. The molecule has 0 aliphatic carbocycles. The molecule has 0 radical (unpaired) electrons. The van der Waals surface area contributed by atoms with Crippen molar-refractivity contribution in [2.24, 2.45) is 0 Å². The van der Waals surface area contributed by atoms with Gasteiger partial charge in [0.1, 0.15) is 5.75 Å². The van der Waals surface area contributed by atoms with Gasteiger partial charge in [-0.25, -0.2) is 4.79 Å². The van der Waals surface area contributed by atoms with Gasteiger partial charge >= 0.3 is 6.03 Å². The van der Waals surface area contributed by atoms with Crippen LogP contribution in [0.1, 0.15) is 25.3 Å². The SMILES string of the molecule is COc1ccc(NC(=O)N2CCC[C@@H]2C)c(C)c1. The first-order valence-corrected chi connectivity index (χ1v) is 6.34. The van der Waals surface area contributed by atoms with Gasteiger partial charge in [-0.3, -0.25) is 0 Å². The summed E-state index contributed by atoms with van der Waals surface area (Å²) in [5, 5.41) is 2.97. The largest absolute Gasteiger partial charge is 0.497 e. The molecular weight excluding hydrogens is 228 g/mol. The number of ether oxygens (including phenoxy) is 1. The first-order chi connectivity index (χ1) is 8.61. The maximum Gasteiger partial charge on any atom is 0.322 e. The number of anilines is 1. The Bertz CT molecular complexity index is 445. The summed E-state index contributed by atoms with van der Waals surface area (Å²) in [5.74, 6) is 0.806. The number of likely N-dealkylation sites (tertiary alicyclic amines) is 1. The molecule has 0 aromatic heterocycles. The number of methoxy groups -OCH3 is 1. The lowest BCUT2D eigenvalue weighted by atomic mass is 10.2. The standard InChI is InChI=1S/C14H20N2O2/c1-10-9-12(18-3)6-7-13(10)15-14(17)16-8-4-5-11(16)2/h6-7,9,11H,4-5,8H2,1-3H3,(H,15,17)/t11-/m0/s1. The third-order valence-electron chi connectivity index (χ3n) is 3.49. The average molecular weight is 248 g/mol. The normalized spacial score (nSPS) is 18.8. The van der Waals surface area contributed by atoms with Gasteiger partial charge in [0.25, 0.3) is 0 Å². The Balaban J connectivity index is 2.07. The van der Waals surface area contributed by atoms with E-state index in [4.69, 9.17) is 4.74 Å². The highest BCUT2D eigenvalue weighted by atomic mass is 16.5. The predicted molar refractivity (Wildman–Crippen MR) is 72.2 cm³/mol. The number of urea groups is 1. The van der Waals surface area contributed by atoms with Gasteiger partial charge in [-0.15, -0.1) is 0 Å². The summed E-state index contributed by atoms with van der Waals surface area (Å²) < 4.78 is 5.15. The van der Waals surface area contributed by atoms with Crippen LogP contribution in [0.5, 0.6) is 5.75 Å². The molecule has 0 spiro atoms. The van der Waals surface area contributed by atoms with E-state index in [0.29, 0.717) is 6.04 Å². The second-order valence-corrected chi connectivity index (χ2v) is 4.80. The number of benzene rings is 1. The van der Waals surface area contributed by atoms with Gasteiger partial charge in [0.15, 0.2) is 0 Å². The number of rotatable bonds is 2. The van der Waals surface area contributed by atoms with Gasteiger partial charge in [0.05, 0.1) is 7.11 Å². The number of nitrogens with zero attached hydrogens (tertiary/aromatic N) is 1. The van der Waals surface area contributed by atoms with Crippen molar-refractivity contribution < 1.29 is 9.53 Å². The zero-order valence-electron chi connectivity index (χ0n) is 11.2. The van der Waals surface area contributed by atoms with Crippen molar-refractivity contribution in [3.63, 3.8) is 0 Å². The van der Waals surface area contributed by atoms with E-state index in [9.17, 15) is 4.79 Å². The zero-order valence-corrected chi connectivity index (χ0v) is 11.2. The fraction of sp³-hybridized carbons (Fsp3) is 0.500. The Labute approximate surface area is 108 Å². The minimum Gasteiger partial charge on any atom is -0.497 e. The molecule has 1 atom stereocenters. The van der Waals surface area contributed by atoms with Crippen LogP contribution in [0.25, 0.3) is 0 Å². The molecule has 4 nitrogen and oxygen atoms in total. The van der Waals surface area contributed by atoms with E-state index in [1.807, 2.05) is 30.0 Å². The van der Waals surface area contributed by atoms with Crippen molar-refractivity contribution >= 4 is 11.7 Å². The van der Waals surface area contributed by atoms with Crippen molar-refractivity contribution in [1.29, 1.82) is 0 Å². The number of hydrogen-bond acceptors (Lipinski definition) is 2. The zero-order chi connectivity index (χ0) is 13.1. The fourth-order valence-electron chi connectivity index (χ4n) is 2.33. The molecule has 1 aliphatic rings. The maximum absolute atomic E-state index is 12.1. The van der Waals surface area contributed by atoms with Crippen molar-refractivity contribution in [2.75, 3.05) is 19.0 Å². The first kappa shape index (κ1) is 12.7. The molecule has 18 heavy (non-hydrogen) atoms. The second kappa shape index (κ2) is 5.29. The topological polar surface area (TPSA) is 41.6 Å². The number of carbonyl (C=O) groups excluding carboxylic acids is 1. The summed E-state index contributed by atoms with van der Waals surface area (Å²) >= 11 is 0. The lowest BCUT2D eigenvalue weighted by molar-refractivity contribution is 0.210. The van der Waals surface area contributed by atoms with E-state index in [-0.39, 0.29) is 6.03 Å². The Kier molecular flexibility index (Phi) is 3.75. The highest BCUT2D eigenvalue weighted by Crippen LogP contribution is 2.23. The molecule has 1 saturated heterocycles. The van der Waals surface area contributed by atoms with Crippen molar-refractivity contribution in [3.05, 3.63) is 23.8 Å². The van der Waals surface area contributed by atoms with Crippen LogP contribution >= 0.6 is 0 Å². The number of nitrogens with one attached hydrogen (secondary N) is 1. The van der Waals surface area contributed by atoms with Gasteiger partial charge in [-0.2, -0.15) is 0 Å². The smallest absolute Gasteiger partial charge is 0.322 e. The fourth-order valence-corrected chi connectivity index (χ4v) is 2.33. The molecule has 0 bridgehead atoms. The third-order valence-corrected chi connectivity index (χ3v) is 3.49. The molecule has 2 rings (SSSR count). The van der Waals surface area contributed by atoms with Crippen molar-refractivity contribution in [1.82, 2.24) is 4.90 Å². The van der Waals surface area contributed by atoms with E-state index in [1.165, 1.54) is 0 Å². The van der Waals surface area contributed by atoms with E-state index < -0.39 is 0 Å². The van der Waals surface area contributed by atoms with Crippen LogP contribution in [0.15, 0.2) is 18.2 Å². The Morgan fingerprint density at radius 2 is 2.28 bits per heavy atom. The summed E-state index contributed by atoms with van der Waals surface area (Å²) in [6, 6.07) is 5.99.